The summed E-state index contributed by atoms with van der Waals surface area (Å²) in [6.07, 6.45) is 3.07. The maximum Gasteiger partial charge on any atom is 0.238 e. The van der Waals surface area contributed by atoms with Gasteiger partial charge in [0.25, 0.3) is 0 Å². The number of ether oxygens (including phenoxy) is 1. The van der Waals surface area contributed by atoms with Crippen molar-refractivity contribution in [2.24, 2.45) is 0 Å². The van der Waals surface area contributed by atoms with E-state index in [4.69, 9.17) is 16.3 Å². The van der Waals surface area contributed by atoms with E-state index in [-0.39, 0.29) is 5.91 Å². The van der Waals surface area contributed by atoms with Crippen LogP contribution in [0.1, 0.15) is 6.92 Å². The monoisotopic (exact) mass is 389 g/mol. The number of halogens is 1. The Morgan fingerprint density at radius 2 is 2.12 bits per heavy atom. The first-order valence-electron chi connectivity index (χ1n) is 7.71. The van der Waals surface area contributed by atoms with E-state index in [0.29, 0.717) is 21.7 Å². The maximum absolute atomic E-state index is 12.4. The van der Waals surface area contributed by atoms with E-state index in [1.807, 2.05) is 24.3 Å². The first kappa shape index (κ1) is 18.2. The first-order chi connectivity index (χ1) is 12.6. The van der Waals surface area contributed by atoms with Crippen LogP contribution >= 0.6 is 23.4 Å². The Labute approximate surface area is 159 Å². The van der Waals surface area contributed by atoms with Gasteiger partial charge in [0.15, 0.2) is 5.16 Å². The molecule has 0 aliphatic heterocycles. The van der Waals surface area contributed by atoms with Gasteiger partial charge in [-0.2, -0.15) is 0 Å². The molecule has 1 aromatic carbocycles. The summed E-state index contributed by atoms with van der Waals surface area (Å²) in [5, 5.41) is 11.5. The van der Waals surface area contributed by atoms with Crippen molar-refractivity contribution in [1.82, 2.24) is 19.7 Å². The fraction of sp³-hybridized carbons (Fsp3) is 0.176. The van der Waals surface area contributed by atoms with Gasteiger partial charge in [-0.1, -0.05) is 35.5 Å². The summed E-state index contributed by atoms with van der Waals surface area (Å²) in [4.78, 5) is 16.5. The maximum atomic E-state index is 12.4. The molecular formula is C17H16ClN5O2S. The number of hydrogen-bond acceptors (Lipinski definition) is 6. The molecule has 2 aromatic heterocycles. The predicted octanol–water partition coefficient (Wildman–Crippen LogP) is 3.44. The smallest absolute Gasteiger partial charge is 0.238 e. The molecule has 0 spiro atoms. The summed E-state index contributed by atoms with van der Waals surface area (Å²) in [6, 6.07) is 10.8. The van der Waals surface area contributed by atoms with Crippen molar-refractivity contribution in [3.8, 4) is 11.4 Å². The Kier molecular flexibility index (Phi) is 5.75. The van der Waals surface area contributed by atoms with Gasteiger partial charge in [0.2, 0.25) is 5.91 Å². The second-order valence-electron chi connectivity index (χ2n) is 5.27. The van der Waals surface area contributed by atoms with E-state index in [0.717, 1.165) is 5.69 Å². The average molecular weight is 390 g/mol. The number of thioether (sulfide) groups is 1. The number of carbonyl (C=O) groups is 1. The predicted molar refractivity (Wildman–Crippen MR) is 101 cm³/mol. The number of aromatic nitrogens is 4. The van der Waals surface area contributed by atoms with Crippen LogP contribution in [-0.2, 0) is 4.79 Å². The number of pyridine rings is 1. The lowest BCUT2D eigenvalue weighted by molar-refractivity contribution is -0.115. The SMILES string of the molecule is COc1ccccc1-n1cnnc1S[C@H](C)C(=O)Nc1ccc(Cl)cn1. The molecule has 0 aliphatic carbocycles. The number of methoxy groups -OCH3 is 1. The highest BCUT2D eigenvalue weighted by Gasteiger charge is 2.20. The third kappa shape index (κ3) is 4.14. The van der Waals surface area contributed by atoms with Crippen molar-refractivity contribution in [3.05, 3.63) is 53.9 Å². The summed E-state index contributed by atoms with van der Waals surface area (Å²) in [7, 11) is 1.60. The van der Waals surface area contributed by atoms with Gasteiger partial charge in [0.1, 0.15) is 17.9 Å². The zero-order valence-electron chi connectivity index (χ0n) is 14.1. The van der Waals surface area contributed by atoms with Crippen LogP contribution in [-0.4, -0.2) is 38.0 Å². The fourth-order valence-electron chi connectivity index (χ4n) is 2.19. The molecule has 3 rings (SSSR count). The molecule has 7 nitrogen and oxygen atoms in total. The normalized spacial score (nSPS) is 11.8. The van der Waals surface area contributed by atoms with Gasteiger partial charge in [0, 0.05) is 6.20 Å². The summed E-state index contributed by atoms with van der Waals surface area (Å²) in [6.45, 7) is 1.79. The van der Waals surface area contributed by atoms with Gasteiger partial charge in [-0.15, -0.1) is 10.2 Å². The molecule has 0 saturated heterocycles. The number of amides is 1. The highest BCUT2D eigenvalue weighted by molar-refractivity contribution is 8.00. The third-order valence-electron chi connectivity index (χ3n) is 3.49. The molecule has 0 fully saturated rings. The molecule has 0 radical (unpaired) electrons. The van der Waals surface area contributed by atoms with Crippen molar-refractivity contribution in [3.63, 3.8) is 0 Å². The zero-order chi connectivity index (χ0) is 18.5. The van der Waals surface area contributed by atoms with E-state index in [2.05, 4.69) is 20.5 Å². The number of carbonyl (C=O) groups excluding carboxylic acids is 1. The summed E-state index contributed by atoms with van der Waals surface area (Å²) < 4.78 is 7.17. The number of benzene rings is 1. The van der Waals surface area contributed by atoms with Crippen LogP contribution in [0, 0.1) is 0 Å². The number of para-hydroxylation sites is 2. The van der Waals surface area contributed by atoms with Crippen molar-refractivity contribution in [1.29, 1.82) is 0 Å². The van der Waals surface area contributed by atoms with Crippen molar-refractivity contribution >= 4 is 35.1 Å². The molecule has 1 atom stereocenters. The molecule has 1 N–H and O–H groups in total. The van der Waals surface area contributed by atoms with Crippen molar-refractivity contribution < 1.29 is 9.53 Å². The highest BCUT2D eigenvalue weighted by Crippen LogP contribution is 2.29. The zero-order valence-corrected chi connectivity index (χ0v) is 15.7. The Bertz CT molecular complexity index is 900. The van der Waals surface area contributed by atoms with Crippen molar-refractivity contribution in [2.75, 3.05) is 12.4 Å². The molecule has 2 heterocycles. The van der Waals surface area contributed by atoms with Crippen LogP contribution < -0.4 is 10.1 Å². The standard InChI is InChI=1S/C17H16ClN5O2S/c1-11(16(24)21-15-8-7-12(18)9-19-15)26-17-22-20-10-23(17)13-5-3-4-6-14(13)25-2/h3-11H,1-2H3,(H,19,21,24)/t11-/m1/s1. The van der Waals surface area contributed by atoms with E-state index >= 15 is 0 Å². The largest absolute Gasteiger partial charge is 0.495 e. The Hall–Kier alpha value is -2.58. The van der Waals surface area contributed by atoms with E-state index in [1.165, 1.54) is 18.0 Å². The van der Waals surface area contributed by atoms with Crippen molar-refractivity contribution in [2.45, 2.75) is 17.3 Å². The van der Waals surface area contributed by atoms with Crippen LogP contribution in [0.25, 0.3) is 5.69 Å². The number of anilines is 1. The molecule has 9 heteroatoms. The Balaban J connectivity index is 1.74. The van der Waals surface area contributed by atoms with Gasteiger partial charge >= 0.3 is 0 Å². The Morgan fingerprint density at radius 1 is 1.31 bits per heavy atom. The number of nitrogens with one attached hydrogen (secondary N) is 1. The molecule has 0 aliphatic rings. The molecular weight excluding hydrogens is 374 g/mol. The minimum absolute atomic E-state index is 0.195. The van der Waals surface area contributed by atoms with Crippen LogP contribution in [0.4, 0.5) is 5.82 Å². The number of rotatable bonds is 6. The highest BCUT2D eigenvalue weighted by atomic mass is 35.5. The summed E-state index contributed by atoms with van der Waals surface area (Å²) in [5.74, 6) is 0.939. The molecule has 0 saturated carbocycles. The van der Waals surface area contributed by atoms with Gasteiger partial charge in [-0.3, -0.25) is 9.36 Å². The number of nitrogens with zero attached hydrogens (tertiary/aromatic N) is 4. The van der Waals surface area contributed by atoms with Crippen LogP contribution in [0.5, 0.6) is 5.75 Å². The van der Waals surface area contributed by atoms with E-state index < -0.39 is 5.25 Å². The fourth-order valence-corrected chi connectivity index (χ4v) is 3.14. The lowest BCUT2D eigenvalue weighted by atomic mass is 10.3. The minimum atomic E-state index is -0.412. The van der Waals surface area contributed by atoms with Gasteiger partial charge in [-0.25, -0.2) is 4.98 Å². The van der Waals surface area contributed by atoms with Gasteiger partial charge in [0.05, 0.1) is 23.1 Å². The van der Waals surface area contributed by atoms with Crippen LogP contribution in [0.15, 0.2) is 54.1 Å². The lowest BCUT2D eigenvalue weighted by Crippen LogP contribution is -2.23. The first-order valence-corrected chi connectivity index (χ1v) is 8.96. The average Bonchev–Trinajstić information content (AvgIpc) is 3.11. The third-order valence-corrected chi connectivity index (χ3v) is 4.77. The molecule has 1 amide bonds. The lowest BCUT2D eigenvalue weighted by Gasteiger charge is -2.13. The quantitative estimate of drug-likeness (QED) is 0.650. The van der Waals surface area contributed by atoms with Crippen LogP contribution in [0.3, 0.4) is 0 Å². The van der Waals surface area contributed by atoms with E-state index in [9.17, 15) is 4.79 Å². The summed E-state index contributed by atoms with van der Waals surface area (Å²) in [5.41, 5.74) is 0.800. The topological polar surface area (TPSA) is 81.9 Å². The van der Waals surface area contributed by atoms with E-state index in [1.54, 1.807) is 37.1 Å². The molecule has 0 bridgehead atoms. The molecule has 3 aromatic rings. The molecule has 134 valence electrons. The Morgan fingerprint density at radius 3 is 2.85 bits per heavy atom. The molecule has 0 unspecified atom stereocenters. The summed E-state index contributed by atoms with van der Waals surface area (Å²) >= 11 is 7.09. The van der Waals surface area contributed by atoms with Gasteiger partial charge < -0.3 is 10.1 Å². The van der Waals surface area contributed by atoms with Crippen LogP contribution in [0.2, 0.25) is 5.02 Å². The second-order valence-corrected chi connectivity index (χ2v) is 7.01. The molecule has 26 heavy (non-hydrogen) atoms. The second kappa shape index (κ2) is 8.20. The minimum Gasteiger partial charge on any atom is -0.495 e. The number of hydrogen-bond donors (Lipinski definition) is 1. The van der Waals surface area contributed by atoms with Gasteiger partial charge in [-0.05, 0) is 31.2 Å².